The zero-order chi connectivity index (χ0) is 16.4. The van der Waals surface area contributed by atoms with Crippen molar-refractivity contribution < 1.29 is 14.7 Å². The molecule has 114 valence electrons. The van der Waals surface area contributed by atoms with Crippen LogP contribution in [0.3, 0.4) is 0 Å². The summed E-state index contributed by atoms with van der Waals surface area (Å²) < 4.78 is 0. The molecule has 5 nitrogen and oxygen atoms in total. The Morgan fingerprint density at radius 3 is 2.35 bits per heavy atom. The Labute approximate surface area is 137 Å². The summed E-state index contributed by atoms with van der Waals surface area (Å²) in [7, 11) is 0. The van der Waals surface area contributed by atoms with Crippen LogP contribution in [0.1, 0.15) is 5.56 Å². The molecule has 0 radical (unpaired) electrons. The summed E-state index contributed by atoms with van der Waals surface area (Å²) in [5.74, 6) is -1.74. The van der Waals surface area contributed by atoms with E-state index in [1.54, 1.807) is 54.6 Å². The SMILES string of the molecule is O=C(O)C1=NN(c2ccccc2)C(=O)/C1=C/c1ccc(Cl)cc1. The smallest absolute Gasteiger partial charge is 0.357 e. The highest BCUT2D eigenvalue weighted by Crippen LogP contribution is 2.25. The Balaban J connectivity index is 2.03. The van der Waals surface area contributed by atoms with Crippen molar-refractivity contribution in [3.63, 3.8) is 0 Å². The number of hydrogen-bond acceptors (Lipinski definition) is 3. The van der Waals surface area contributed by atoms with Crippen LogP contribution in [-0.4, -0.2) is 22.7 Å². The van der Waals surface area contributed by atoms with Crippen molar-refractivity contribution in [3.8, 4) is 0 Å². The maximum atomic E-state index is 12.5. The lowest BCUT2D eigenvalue weighted by atomic mass is 10.1. The van der Waals surface area contributed by atoms with Crippen molar-refractivity contribution in [2.45, 2.75) is 0 Å². The quantitative estimate of drug-likeness (QED) is 0.880. The van der Waals surface area contributed by atoms with Crippen molar-refractivity contribution in [1.29, 1.82) is 0 Å². The maximum Gasteiger partial charge on any atom is 0.357 e. The first-order valence-corrected chi connectivity index (χ1v) is 7.13. The van der Waals surface area contributed by atoms with E-state index in [0.29, 0.717) is 16.3 Å². The van der Waals surface area contributed by atoms with Crippen molar-refractivity contribution in [2.75, 3.05) is 5.01 Å². The van der Waals surface area contributed by atoms with Crippen LogP contribution in [0.4, 0.5) is 5.69 Å². The molecule has 1 aliphatic heterocycles. The lowest BCUT2D eigenvalue weighted by Crippen LogP contribution is -2.22. The van der Waals surface area contributed by atoms with Gasteiger partial charge in [0.05, 0.1) is 11.3 Å². The van der Waals surface area contributed by atoms with E-state index >= 15 is 0 Å². The molecule has 2 aromatic carbocycles. The highest BCUT2D eigenvalue weighted by molar-refractivity contribution is 6.53. The number of benzene rings is 2. The molecule has 1 N–H and O–H groups in total. The van der Waals surface area contributed by atoms with Gasteiger partial charge < -0.3 is 5.11 Å². The van der Waals surface area contributed by atoms with Crippen molar-refractivity contribution in [3.05, 3.63) is 70.8 Å². The van der Waals surface area contributed by atoms with Crippen molar-refractivity contribution in [2.24, 2.45) is 5.10 Å². The van der Waals surface area contributed by atoms with E-state index in [1.165, 1.54) is 6.08 Å². The van der Waals surface area contributed by atoms with E-state index in [-0.39, 0.29) is 11.3 Å². The molecule has 0 aromatic heterocycles. The van der Waals surface area contributed by atoms with E-state index in [1.807, 2.05) is 0 Å². The van der Waals surface area contributed by atoms with Gasteiger partial charge in [-0.2, -0.15) is 10.1 Å². The van der Waals surface area contributed by atoms with Gasteiger partial charge >= 0.3 is 5.97 Å². The van der Waals surface area contributed by atoms with Crippen LogP contribution in [-0.2, 0) is 9.59 Å². The molecule has 0 saturated heterocycles. The number of halogens is 1. The minimum Gasteiger partial charge on any atom is -0.476 e. The van der Waals surface area contributed by atoms with Gasteiger partial charge in [0, 0.05) is 5.02 Å². The van der Waals surface area contributed by atoms with Gasteiger partial charge in [0.15, 0.2) is 5.71 Å². The first-order chi connectivity index (χ1) is 11.1. The molecule has 3 rings (SSSR count). The van der Waals surface area contributed by atoms with E-state index in [9.17, 15) is 14.7 Å². The summed E-state index contributed by atoms with van der Waals surface area (Å²) in [6.45, 7) is 0. The summed E-state index contributed by atoms with van der Waals surface area (Å²) in [6.07, 6.45) is 1.49. The fraction of sp³-hybridized carbons (Fsp3) is 0. The number of amides is 1. The highest BCUT2D eigenvalue weighted by Gasteiger charge is 2.34. The van der Waals surface area contributed by atoms with E-state index < -0.39 is 11.9 Å². The Bertz CT molecular complexity index is 827. The number of anilines is 1. The largest absolute Gasteiger partial charge is 0.476 e. The van der Waals surface area contributed by atoms with Gasteiger partial charge in [-0.3, -0.25) is 4.79 Å². The molecule has 0 unspecified atom stereocenters. The first-order valence-electron chi connectivity index (χ1n) is 6.75. The molecular formula is C17H11ClN2O3. The van der Waals surface area contributed by atoms with E-state index in [2.05, 4.69) is 5.10 Å². The molecule has 0 spiro atoms. The molecule has 0 fully saturated rings. The second-order valence-corrected chi connectivity index (χ2v) is 5.25. The number of carbonyl (C=O) groups excluding carboxylic acids is 1. The minimum atomic E-state index is -1.25. The van der Waals surface area contributed by atoms with Crippen LogP contribution in [0, 0.1) is 0 Å². The van der Waals surface area contributed by atoms with Crippen molar-refractivity contribution >= 4 is 41.0 Å². The number of carboxylic acid groups (broad SMARTS) is 1. The molecule has 6 heteroatoms. The van der Waals surface area contributed by atoms with Crippen molar-refractivity contribution in [1.82, 2.24) is 0 Å². The van der Waals surface area contributed by atoms with Crippen LogP contribution < -0.4 is 5.01 Å². The summed E-state index contributed by atoms with van der Waals surface area (Å²) in [4.78, 5) is 24.0. The zero-order valence-electron chi connectivity index (χ0n) is 11.8. The van der Waals surface area contributed by atoms with Gasteiger partial charge in [-0.05, 0) is 35.9 Å². The van der Waals surface area contributed by atoms with Gasteiger partial charge in [0.1, 0.15) is 0 Å². The molecular weight excluding hydrogens is 316 g/mol. The van der Waals surface area contributed by atoms with Crippen LogP contribution >= 0.6 is 11.6 Å². The molecule has 0 aliphatic carbocycles. The Morgan fingerprint density at radius 2 is 1.74 bits per heavy atom. The van der Waals surface area contributed by atoms with Crippen LogP contribution in [0.2, 0.25) is 5.02 Å². The molecule has 1 aliphatic rings. The Hall–Kier alpha value is -2.92. The Morgan fingerprint density at radius 1 is 1.09 bits per heavy atom. The van der Waals surface area contributed by atoms with Gasteiger partial charge in [-0.25, -0.2) is 4.79 Å². The predicted octanol–water partition coefficient (Wildman–Crippen LogP) is 3.21. The number of hydrazone groups is 1. The summed E-state index contributed by atoms with van der Waals surface area (Å²) in [5.41, 5.74) is 0.926. The Kier molecular flexibility index (Phi) is 3.95. The topological polar surface area (TPSA) is 70.0 Å². The maximum absolute atomic E-state index is 12.5. The standard InChI is InChI=1S/C17H11ClN2O3/c18-12-8-6-11(7-9-12)10-14-15(17(22)23)19-20(16(14)21)13-4-2-1-3-5-13/h1-10H,(H,22,23)/b14-10+. The molecule has 0 atom stereocenters. The lowest BCUT2D eigenvalue weighted by molar-refractivity contribution is -0.129. The third-order valence-corrected chi connectivity index (χ3v) is 3.51. The van der Waals surface area contributed by atoms with Gasteiger partial charge in [-0.15, -0.1) is 0 Å². The highest BCUT2D eigenvalue weighted by atomic mass is 35.5. The first kappa shape index (κ1) is 15.0. The minimum absolute atomic E-state index is 0.0312. The monoisotopic (exact) mass is 326 g/mol. The van der Waals surface area contributed by atoms with E-state index in [4.69, 9.17) is 11.6 Å². The number of carbonyl (C=O) groups is 2. The van der Waals surface area contributed by atoms with E-state index in [0.717, 1.165) is 5.01 Å². The number of nitrogens with zero attached hydrogens (tertiary/aromatic N) is 2. The average Bonchev–Trinajstić information content (AvgIpc) is 2.88. The fourth-order valence-corrected chi connectivity index (χ4v) is 2.30. The molecule has 1 heterocycles. The van der Waals surface area contributed by atoms with Gasteiger partial charge in [0.25, 0.3) is 5.91 Å². The second-order valence-electron chi connectivity index (χ2n) is 4.82. The molecule has 2 aromatic rings. The zero-order valence-corrected chi connectivity index (χ0v) is 12.6. The fourth-order valence-electron chi connectivity index (χ4n) is 2.17. The second kappa shape index (κ2) is 6.06. The predicted molar refractivity (Wildman–Crippen MR) is 88.4 cm³/mol. The lowest BCUT2D eigenvalue weighted by Gasteiger charge is -2.10. The molecule has 0 saturated carbocycles. The third-order valence-electron chi connectivity index (χ3n) is 3.26. The average molecular weight is 327 g/mol. The summed E-state index contributed by atoms with van der Waals surface area (Å²) >= 11 is 5.83. The van der Waals surface area contributed by atoms with Gasteiger partial charge in [-0.1, -0.05) is 41.9 Å². The number of hydrogen-bond donors (Lipinski definition) is 1. The third kappa shape index (κ3) is 3.00. The number of rotatable bonds is 3. The van der Waals surface area contributed by atoms with Crippen LogP contribution in [0.15, 0.2) is 65.3 Å². The molecule has 23 heavy (non-hydrogen) atoms. The molecule has 1 amide bonds. The normalized spacial score (nSPS) is 15.9. The molecule has 0 bridgehead atoms. The van der Waals surface area contributed by atoms with Crippen LogP contribution in [0.25, 0.3) is 6.08 Å². The van der Waals surface area contributed by atoms with Crippen LogP contribution in [0.5, 0.6) is 0 Å². The van der Waals surface area contributed by atoms with Gasteiger partial charge in [0.2, 0.25) is 0 Å². The summed E-state index contributed by atoms with van der Waals surface area (Å²) in [6, 6.07) is 15.4. The number of carboxylic acids is 1. The summed E-state index contributed by atoms with van der Waals surface area (Å²) in [5, 5.41) is 14.9. The number of para-hydroxylation sites is 1. The number of aliphatic carboxylic acids is 1.